The van der Waals surface area contributed by atoms with Gasteiger partial charge in [-0.2, -0.15) is 0 Å². The standard InChI is InChI=1S/C15H10ClNO3/c16-13-3-1-2-11(17-13)7-9-4-5-12-10(6-9)8-20-14(12)15(18)19/h1-6,8H,7H2,(H,18,19). The third-order valence-corrected chi connectivity index (χ3v) is 3.23. The van der Waals surface area contributed by atoms with E-state index in [2.05, 4.69) is 4.98 Å². The van der Waals surface area contributed by atoms with Crippen molar-refractivity contribution in [2.24, 2.45) is 0 Å². The van der Waals surface area contributed by atoms with Gasteiger partial charge >= 0.3 is 5.97 Å². The molecule has 0 atom stereocenters. The Labute approximate surface area is 119 Å². The van der Waals surface area contributed by atoms with Crippen molar-refractivity contribution in [3.8, 4) is 0 Å². The van der Waals surface area contributed by atoms with Gasteiger partial charge in [0.05, 0.1) is 6.26 Å². The molecule has 1 N–H and O–H groups in total. The molecule has 4 nitrogen and oxygen atoms in total. The molecule has 0 spiro atoms. The minimum atomic E-state index is -1.07. The molecular formula is C15H10ClNO3. The normalized spacial score (nSPS) is 10.8. The van der Waals surface area contributed by atoms with Crippen LogP contribution in [0.4, 0.5) is 0 Å². The van der Waals surface area contributed by atoms with Gasteiger partial charge in [0.2, 0.25) is 5.76 Å². The molecule has 0 saturated heterocycles. The Morgan fingerprint density at radius 2 is 2.15 bits per heavy atom. The van der Waals surface area contributed by atoms with Crippen molar-refractivity contribution < 1.29 is 14.3 Å². The zero-order chi connectivity index (χ0) is 14.1. The Bertz CT molecular complexity index is 795. The number of aromatic nitrogens is 1. The van der Waals surface area contributed by atoms with Crippen LogP contribution in [0.1, 0.15) is 21.8 Å². The van der Waals surface area contributed by atoms with Crippen molar-refractivity contribution in [1.29, 1.82) is 0 Å². The second kappa shape index (κ2) is 4.98. The summed E-state index contributed by atoms with van der Waals surface area (Å²) in [7, 11) is 0. The van der Waals surface area contributed by atoms with Crippen molar-refractivity contribution in [1.82, 2.24) is 4.98 Å². The topological polar surface area (TPSA) is 63.3 Å². The fraction of sp³-hybridized carbons (Fsp3) is 0.0667. The Morgan fingerprint density at radius 1 is 1.30 bits per heavy atom. The Hall–Kier alpha value is -2.33. The quantitative estimate of drug-likeness (QED) is 0.745. The van der Waals surface area contributed by atoms with Gasteiger partial charge in [0, 0.05) is 22.9 Å². The average Bonchev–Trinajstić information content (AvgIpc) is 2.82. The fourth-order valence-corrected chi connectivity index (χ4v) is 2.32. The monoisotopic (exact) mass is 287 g/mol. The SMILES string of the molecule is O=C(O)c1occ2cc(Cc3cccc(Cl)n3)ccc12. The van der Waals surface area contributed by atoms with Crippen LogP contribution in [-0.2, 0) is 6.42 Å². The highest BCUT2D eigenvalue weighted by Crippen LogP contribution is 2.23. The molecule has 3 rings (SSSR count). The van der Waals surface area contributed by atoms with E-state index in [0.717, 1.165) is 16.6 Å². The highest BCUT2D eigenvalue weighted by Gasteiger charge is 2.13. The van der Waals surface area contributed by atoms with Crippen LogP contribution in [0.15, 0.2) is 47.1 Å². The van der Waals surface area contributed by atoms with Crippen molar-refractivity contribution >= 4 is 28.3 Å². The van der Waals surface area contributed by atoms with Crippen LogP contribution in [0.2, 0.25) is 5.15 Å². The molecule has 20 heavy (non-hydrogen) atoms. The van der Waals surface area contributed by atoms with Crippen LogP contribution in [-0.4, -0.2) is 16.1 Å². The summed E-state index contributed by atoms with van der Waals surface area (Å²) in [6, 6.07) is 11.0. The van der Waals surface area contributed by atoms with Crippen LogP contribution in [0.3, 0.4) is 0 Å². The summed E-state index contributed by atoms with van der Waals surface area (Å²) in [6.45, 7) is 0. The second-order valence-corrected chi connectivity index (χ2v) is 4.81. The molecule has 0 saturated carbocycles. The summed E-state index contributed by atoms with van der Waals surface area (Å²) in [4.78, 5) is 15.2. The summed E-state index contributed by atoms with van der Waals surface area (Å²) < 4.78 is 5.06. The Kier molecular flexibility index (Phi) is 3.16. The second-order valence-electron chi connectivity index (χ2n) is 4.42. The van der Waals surface area contributed by atoms with Crippen molar-refractivity contribution in [3.05, 3.63) is 64.8 Å². The lowest BCUT2D eigenvalue weighted by molar-refractivity contribution is 0.0665. The van der Waals surface area contributed by atoms with E-state index in [4.69, 9.17) is 21.1 Å². The zero-order valence-corrected chi connectivity index (χ0v) is 11.1. The number of carboxylic acids is 1. The van der Waals surface area contributed by atoms with E-state index in [9.17, 15) is 4.79 Å². The lowest BCUT2D eigenvalue weighted by atomic mass is 10.1. The molecule has 2 aromatic heterocycles. The number of nitrogens with zero attached hydrogens (tertiary/aromatic N) is 1. The number of hydrogen-bond donors (Lipinski definition) is 1. The number of furan rings is 1. The third kappa shape index (κ3) is 2.38. The molecule has 3 aromatic rings. The van der Waals surface area contributed by atoms with Crippen molar-refractivity contribution in [2.45, 2.75) is 6.42 Å². The third-order valence-electron chi connectivity index (χ3n) is 3.02. The predicted molar refractivity (Wildman–Crippen MR) is 75.2 cm³/mol. The molecule has 1 aromatic carbocycles. The van der Waals surface area contributed by atoms with Gasteiger partial charge in [0.25, 0.3) is 0 Å². The summed E-state index contributed by atoms with van der Waals surface area (Å²) in [5.41, 5.74) is 1.88. The number of halogens is 1. The predicted octanol–water partition coefficient (Wildman–Crippen LogP) is 3.77. The summed E-state index contributed by atoms with van der Waals surface area (Å²) in [5.74, 6) is -1.10. The molecule has 0 aliphatic rings. The van der Waals surface area contributed by atoms with Gasteiger partial charge in [0.15, 0.2) is 0 Å². The number of pyridine rings is 1. The number of aromatic carboxylic acids is 1. The number of rotatable bonds is 3. The van der Waals surface area contributed by atoms with Gasteiger partial charge < -0.3 is 9.52 Å². The van der Waals surface area contributed by atoms with E-state index in [1.807, 2.05) is 24.3 Å². The van der Waals surface area contributed by atoms with E-state index in [1.165, 1.54) is 6.26 Å². The van der Waals surface area contributed by atoms with Crippen molar-refractivity contribution in [2.75, 3.05) is 0 Å². The van der Waals surface area contributed by atoms with Crippen molar-refractivity contribution in [3.63, 3.8) is 0 Å². The highest BCUT2D eigenvalue weighted by molar-refractivity contribution is 6.29. The minimum Gasteiger partial charge on any atom is -0.475 e. The lowest BCUT2D eigenvalue weighted by Crippen LogP contribution is -1.94. The molecule has 2 heterocycles. The average molecular weight is 288 g/mol. The molecule has 0 bridgehead atoms. The first-order valence-electron chi connectivity index (χ1n) is 5.98. The summed E-state index contributed by atoms with van der Waals surface area (Å²) in [6.07, 6.45) is 2.08. The van der Waals surface area contributed by atoms with Gasteiger partial charge in [-0.15, -0.1) is 0 Å². The van der Waals surface area contributed by atoms with Crippen LogP contribution in [0.5, 0.6) is 0 Å². The molecule has 0 aliphatic heterocycles. The maximum absolute atomic E-state index is 11.0. The molecule has 0 radical (unpaired) electrons. The molecule has 5 heteroatoms. The van der Waals surface area contributed by atoms with Gasteiger partial charge in [-0.05, 0) is 29.8 Å². The largest absolute Gasteiger partial charge is 0.475 e. The minimum absolute atomic E-state index is 0.0348. The van der Waals surface area contributed by atoms with E-state index >= 15 is 0 Å². The first-order chi connectivity index (χ1) is 9.63. The molecular weight excluding hydrogens is 278 g/mol. The fourth-order valence-electron chi connectivity index (χ4n) is 2.14. The van der Waals surface area contributed by atoms with Gasteiger partial charge in [0.1, 0.15) is 5.15 Å². The Morgan fingerprint density at radius 3 is 2.90 bits per heavy atom. The zero-order valence-electron chi connectivity index (χ0n) is 10.3. The van der Waals surface area contributed by atoms with Crippen LogP contribution in [0, 0.1) is 0 Å². The Balaban J connectivity index is 1.95. The van der Waals surface area contributed by atoms with E-state index in [1.54, 1.807) is 12.1 Å². The lowest BCUT2D eigenvalue weighted by Gasteiger charge is -2.02. The maximum atomic E-state index is 11.0. The molecule has 0 unspecified atom stereocenters. The van der Waals surface area contributed by atoms with E-state index < -0.39 is 5.97 Å². The first-order valence-corrected chi connectivity index (χ1v) is 6.36. The maximum Gasteiger partial charge on any atom is 0.372 e. The first kappa shape index (κ1) is 12.7. The number of benzene rings is 1. The van der Waals surface area contributed by atoms with E-state index in [-0.39, 0.29) is 5.76 Å². The molecule has 0 amide bonds. The van der Waals surface area contributed by atoms with E-state index in [0.29, 0.717) is 17.0 Å². The van der Waals surface area contributed by atoms with Gasteiger partial charge in [-0.1, -0.05) is 23.7 Å². The molecule has 100 valence electrons. The van der Waals surface area contributed by atoms with Gasteiger partial charge in [-0.25, -0.2) is 9.78 Å². The van der Waals surface area contributed by atoms with Gasteiger partial charge in [-0.3, -0.25) is 0 Å². The smallest absolute Gasteiger partial charge is 0.372 e. The van der Waals surface area contributed by atoms with Crippen LogP contribution in [0.25, 0.3) is 10.8 Å². The summed E-state index contributed by atoms with van der Waals surface area (Å²) in [5, 5.41) is 10.8. The summed E-state index contributed by atoms with van der Waals surface area (Å²) >= 11 is 5.85. The van der Waals surface area contributed by atoms with Crippen LogP contribution >= 0.6 is 11.6 Å². The molecule has 0 aliphatic carbocycles. The highest BCUT2D eigenvalue weighted by atomic mass is 35.5. The number of carboxylic acid groups (broad SMARTS) is 1. The van der Waals surface area contributed by atoms with Crippen LogP contribution < -0.4 is 0 Å². The molecule has 0 fully saturated rings. The number of fused-ring (bicyclic) bond motifs is 1. The number of carbonyl (C=O) groups is 1. The number of hydrogen-bond acceptors (Lipinski definition) is 3.